The molecule has 0 aliphatic rings. The number of anilines is 3. The molecular weight excluding hydrogens is 709 g/mol. The number of aromatic nitrogens is 1. The highest BCUT2D eigenvalue weighted by Gasteiger charge is 2.23. The van der Waals surface area contributed by atoms with Gasteiger partial charge in [-0.2, -0.15) is 0 Å². The number of thiophene rings is 1. The van der Waals surface area contributed by atoms with E-state index in [4.69, 9.17) is 0 Å². The monoisotopic (exact) mass is 744 g/mol. The van der Waals surface area contributed by atoms with Crippen LogP contribution in [0.3, 0.4) is 0 Å². The smallest absolute Gasteiger partial charge is 0.0562 e. The van der Waals surface area contributed by atoms with E-state index in [1.165, 1.54) is 81.0 Å². The van der Waals surface area contributed by atoms with Crippen molar-refractivity contribution in [1.82, 2.24) is 4.57 Å². The number of hydrogen-bond donors (Lipinski definition) is 0. The standard InChI is InChI=1S/C54H36N2S/c1-3-17-37(18-4-1)41-21-7-8-22-42(41)38-33-35-40(36-34-38)55(39-19-5-2-6-20-39)50-30-16-31-51-53(50)47-25-10-13-29-49(47)56(51)48-28-12-9-23-43(48)45-26-15-27-46-44-24-11-14-32-52(44)57-54(45)46/h1-36H. The van der Waals surface area contributed by atoms with Crippen LogP contribution in [-0.4, -0.2) is 4.57 Å². The first-order valence-corrected chi connectivity index (χ1v) is 20.3. The quantitative estimate of drug-likeness (QED) is 0.158. The maximum Gasteiger partial charge on any atom is 0.0562 e. The number of fused-ring (bicyclic) bond motifs is 6. The van der Waals surface area contributed by atoms with Crippen molar-refractivity contribution in [1.29, 1.82) is 0 Å². The third-order valence-corrected chi connectivity index (χ3v) is 12.4. The van der Waals surface area contributed by atoms with Gasteiger partial charge in [-0.1, -0.05) is 164 Å². The van der Waals surface area contributed by atoms with E-state index in [0.29, 0.717) is 0 Å². The molecule has 0 unspecified atom stereocenters. The van der Waals surface area contributed by atoms with Gasteiger partial charge in [0.15, 0.2) is 0 Å². The van der Waals surface area contributed by atoms with E-state index in [9.17, 15) is 0 Å². The minimum Gasteiger partial charge on any atom is -0.310 e. The van der Waals surface area contributed by atoms with Gasteiger partial charge in [-0.05, 0) is 76.9 Å². The average Bonchev–Trinajstić information content (AvgIpc) is 3.84. The first-order chi connectivity index (χ1) is 28.3. The summed E-state index contributed by atoms with van der Waals surface area (Å²) in [5.41, 5.74) is 14.2. The lowest BCUT2D eigenvalue weighted by Gasteiger charge is -2.27. The molecule has 11 aromatic rings. The van der Waals surface area contributed by atoms with E-state index in [2.05, 4.69) is 228 Å². The number of rotatable bonds is 7. The Kier molecular flexibility index (Phi) is 8.04. The summed E-state index contributed by atoms with van der Waals surface area (Å²) >= 11 is 1.88. The Balaban J connectivity index is 1.11. The summed E-state index contributed by atoms with van der Waals surface area (Å²) in [6.45, 7) is 0. The summed E-state index contributed by atoms with van der Waals surface area (Å²) in [5.74, 6) is 0. The lowest BCUT2D eigenvalue weighted by molar-refractivity contribution is 1.18. The molecule has 0 radical (unpaired) electrons. The Morgan fingerprint density at radius 3 is 1.68 bits per heavy atom. The van der Waals surface area contributed by atoms with Crippen LogP contribution < -0.4 is 4.90 Å². The topological polar surface area (TPSA) is 8.17 Å². The van der Waals surface area contributed by atoms with Crippen LogP contribution in [0.2, 0.25) is 0 Å². The van der Waals surface area contributed by atoms with Crippen molar-refractivity contribution in [2.75, 3.05) is 4.90 Å². The third kappa shape index (κ3) is 5.55. The Morgan fingerprint density at radius 2 is 0.895 bits per heavy atom. The second-order valence-electron chi connectivity index (χ2n) is 14.5. The van der Waals surface area contributed by atoms with Crippen molar-refractivity contribution in [2.24, 2.45) is 0 Å². The summed E-state index contributed by atoms with van der Waals surface area (Å²) < 4.78 is 5.11. The fraction of sp³-hybridized carbons (Fsp3) is 0. The molecule has 0 amide bonds. The zero-order valence-electron chi connectivity index (χ0n) is 31.1. The Bertz CT molecular complexity index is 3230. The second kappa shape index (κ2) is 13.8. The van der Waals surface area contributed by atoms with E-state index in [0.717, 1.165) is 17.1 Å². The van der Waals surface area contributed by atoms with Crippen molar-refractivity contribution in [3.05, 3.63) is 218 Å². The number of hydrogen-bond acceptors (Lipinski definition) is 2. The van der Waals surface area contributed by atoms with E-state index >= 15 is 0 Å². The molecule has 9 aromatic carbocycles. The van der Waals surface area contributed by atoms with Crippen LogP contribution in [0.1, 0.15) is 0 Å². The molecule has 0 aliphatic carbocycles. The highest BCUT2D eigenvalue weighted by Crippen LogP contribution is 2.47. The van der Waals surface area contributed by atoms with Gasteiger partial charge in [0, 0.05) is 53.4 Å². The van der Waals surface area contributed by atoms with Gasteiger partial charge in [-0.25, -0.2) is 0 Å². The minimum atomic E-state index is 1.10. The Hall–Kier alpha value is -7.20. The third-order valence-electron chi connectivity index (χ3n) is 11.2. The van der Waals surface area contributed by atoms with Crippen LogP contribution in [0, 0.1) is 0 Å². The van der Waals surface area contributed by atoms with Gasteiger partial charge in [-0.15, -0.1) is 11.3 Å². The van der Waals surface area contributed by atoms with Crippen LogP contribution in [0.4, 0.5) is 17.1 Å². The zero-order valence-corrected chi connectivity index (χ0v) is 31.9. The fourth-order valence-corrected chi connectivity index (χ4v) is 9.93. The highest BCUT2D eigenvalue weighted by molar-refractivity contribution is 7.26. The minimum absolute atomic E-state index is 1.10. The lowest BCUT2D eigenvalue weighted by Crippen LogP contribution is -2.10. The molecule has 0 fully saturated rings. The number of benzene rings is 9. The van der Waals surface area contributed by atoms with Crippen molar-refractivity contribution < 1.29 is 0 Å². The molecule has 3 heteroatoms. The van der Waals surface area contributed by atoms with E-state index in [1.807, 2.05) is 11.3 Å². The summed E-state index contributed by atoms with van der Waals surface area (Å²) in [6.07, 6.45) is 0. The molecule has 0 saturated heterocycles. The predicted octanol–water partition coefficient (Wildman–Crippen LogP) is 15.6. The Morgan fingerprint density at radius 1 is 0.351 bits per heavy atom. The number of para-hydroxylation sites is 3. The van der Waals surface area contributed by atoms with Crippen LogP contribution in [-0.2, 0) is 0 Å². The number of nitrogens with zero attached hydrogens (tertiary/aromatic N) is 2. The average molecular weight is 745 g/mol. The molecule has 0 atom stereocenters. The molecule has 2 nitrogen and oxygen atoms in total. The van der Waals surface area contributed by atoms with Gasteiger partial charge in [-0.3, -0.25) is 0 Å². The van der Waals surface area contributed by atoms with Crippen LogP contribution in [0.25, 0.3) is 81.0 Å². The van der Waals surface area contributed by atoms with Gasteiger partial charge < -0.3 is 9.47 Å². The van der Waals surface area contributed by atoms with Gasteiger partial charge >= 0.3 is 0 Å². The first kappa shape index (κ1) is 33.2. The van der Waals surface area contributed by atoms with Crippen molar-refractivity contribution >= 4 is 70.4 Å². The largest absolute Gasteiger partial charge is 0.310 e. The Labute approximate surface area is 335 Å². The summed E-state index contributed by atoms with van der Waals surface area (Å²) in [6, 6.07) is 79.2. The van der Waals surface area contributed by atoms with Gasteiger partial charge in [0.25, 0.3) is 0 Å². The highest BCUT2D eigenvalue weighted by atomic mass is 32.1. The van der Waals surface area contributed by atoms with Crippen LogP contribution >= 0.6 is 11.3 Å². The van der Waals surface area contributed by atoms with E-state index in [-0.39, 0.29) is 0 Å². The van der Waals surface area contributed by atoms with Crippen molar-refractivity contribution in [3.8, 4) is 39.1 Å². The maximum absolute atomic E-state index is 2.47. The summed E-state index contributed by atoms with van der Waals surface area (Å²) in [7, 11) is 0. The van der Waals surface area contributed by atoms with Gasteiger partial charge in [0.2, 0.25) is 0 Å². The molecule has 11 rings (SSSR count). The molecule has 2 heterocycles. The normalized spacial score (nSPS) is 11.5. The molecule has 0 saturated carbocycles. The van der Waals surface area contributed by atoms with Crippen molar-refractivity contribution in [2.45, 2.75) is 0 Å². The molecule has 0 aliphatic heterocycles. The van der Waals surface area contributed by atoms with Gasteiger partial charge in [0.1, 0.15) is 0 Å². The van der Waals surface area contributed by atoms with Crippen LogP contribution in [0.5, 0.6) is 0 Å². The van der Waals surface area contributed by atoms with E-state index in [1.54, 1.807) is 0 Å². The molecule has 0 spiro atoms. The van der Waals surface area contributed by atoms with Gasteiger partial charge in [0.05, 0.1) is 22.4 Å². The fourth-order valence-electron chi connectivity index (χ4n) is 8.70. The molecule has 2 aromatic heterocycles. The second-order valence-corrected chi connectivity index (χ2v) is 15.5. The molecule has 268 valence electrons. The SMILES string of the molecule is c1ccc(-c2ccccc2-c2ccc(N(c3ccccc3)c3cccc4c3c3ccccc3n4-c3ccccc3-c3cccc4c3sc3ccccc34)cc2)cc1. The molecule has 0 bridgehead atoms. The first-order valence-electron chi connectivity index (χ1n) is 19.4. The lowest BCUT2D eigenvalue weighted by atomic mass is 9.94. The molecular formula is C54H36N2S. The predicted molar refractivity (Wildman–Crippen MR) is 245 cm³/mol. The summed E-state index contributed by atoms with van der Waals surface area (Å²) in [4.78, 5) is 2.41. The zero-order chi connectivity index (χ0) is 37.7. The van der Waals surface area contributed by atoms with Crippen LogP contribution in [0.15, 0.2) is 218 Å². The summed E-state index contributed by atoms with van der Waals surface area (Å²) in [5, 5.41) is 5.05. The molecule has 57 heavy (non-hydrogen) atoms. The maximum atomic E-state index is 2.47. The van der Waals surface area contributed by atoms with Crippen molar-refractivity contribution in [3.63, 3.8) is 0 Å². The molecule has 0 N–H and O–H groups in total. The van der Waals surface area contributed by atoms with E-state index < -0.39 is 0 Å².